The standard InChI is InChI=1S/C9H14O10S/c1-15-5(10)4-9(13,8(12)17-3)6(7(11)16-2)20-19-18-14/h6,13-14H,4H2,1-3H3/p-1. The van der Waals surface area contributed by atoms with Gasteiger partial charge in [0.1, 0.15) is 0 Å². The lowest BCUT2D eigenvalue weighted by Gasteiger charge is -2.29. The summed E-state index contributed by atoms with van der Waals surface area (Å²) in [6, 6.07) is 0. The van der Waals surface area contributed by atoms with Gasteiger partial charge >= 0.3 is 17.9 Å². The molecule has 0 amide bonds. The first-order valence-corrected chi connectivity index (χ1v) is 5.75. The number of aliphatic hydroxyl groups is 1. The maximum atomic E-state index is 11.6. The number of rotatable bonds is 8. The van der Waals surface area contributed by atoms with Gasteiger partial charge < -0.3 is 24.6 Å². The van der Waals surface area contributed by atoms with Crippen LogP contribution in [0.5, 0.6) is 0 Å². The van der Waals surface area contributed by atoms with Crippen molar-refractivity contribution in [2.45, 2.75) is 17.3 Å². The molecule has 10 nitrogen and oxygen atoms in total. The number of esters is 3. The first kappa shape index (κ1) is 18.6. The highest BCUT2D eigenvalue weighted by molar-refractivity contribution is 7.96. The van der Waals surface area contributed by atoms with Crippen molar-refractivity contribution in [2.75, 3.05) is 21.3 Å². The second-order valence-electron chi connectivity index (χ2n) is 3.30. The van der Waals surface area contributed by atoms with Crippen LogP contribution in [-0.4, -0.2) is 55.2 Å². The fourth-order valence-electron chi connectivity index (χ4n) is 1.22. The van der Waals surface area contributed by atoms with Crippen LogP contribution in [0, 0.1) is 0 Å². The summed E-state index contributed by atoms with van der Waals surface area (Å²) in [5, 5.41) is 21.3. The highest BCUT2D eigenvalue weighted by Gasteiger charge is 2.53. The number of hydrogen-bond acceptors (Lipinski definition) is 11. The molecule has 0 aliphatic rings. The van der Waals surface area contributed by atoms with E-state index in [0.717, 1.165) is 21.3 Å². The van der Waals surface area contributed by atoms with Gasteiger partial charge in [-0.1, -0.05) is 0 Å². The Hall–Kier alpha value is -1.40. The molecule has 0 saturated carbocycles. The van der Waals surface area contributed by atoms with Gasteiger partial charge in [0.25, 0.3) is 0 Å². The second kappa shape index (κ2) is 8.71. The van der Waals surface area contributed by atoms with E-state index in [2.05, 4.69) is 23.6 Å². The van der Waals surface area contributed by atoms with Crippen LogP contribution in [0.2, 0.25) is 0 Å². The Balaban J connectivity index is 5.44. The van der Waals surface area contributed by atoms with Gasteiger partial charge in [0.05, 0.1) is 27.8 Å². The van der Waals surface area contributed by atoms with Gasteiger partial charge in [0.15, 0.2) is 10.9 Å². The summed E-state index contributed by atoms with van der Waals surface area (Å²) in [7, 11) is 2.90. The third kappa shape index (κ3) is 4.61. The zero-order chi connectivity index (χ0) is 15.8. The molecule has 0 aliphatic heterocycles. The van der Waals surface area contributed by atoms with Gasteiger partial charge in [0.2, 0.25) is 0 Å². The minimum absolute atomic E-state index is 0.0105. The van der Waals surface area contributed by atoms with Gasteiger partial charge in [-0.2, -0.15) is 4.33 Å². The minimum Gasteiger partial charge on any atom is -0.691 e. The number of carbonyl (C=O) groups is 3. The first-order chi connectivity index (χ1) is 9.37. The maximum Gasteiger partial charge on any atom is 0.340 e. The van der Waals surface area contributed by atoms with Crippen LogP contribution < -0.4 is 5.26 Å². The van der Waals surface area contributed by atoms with Crippen LogP contribution in [-0.2, 0) is 38.0 Å². The van der Waals surface area contributed by atoms with E-state index in [-0.39, 0.29) is 12.0 Å². The van der Waals surface area contributed by atoms with Crippen molar-refractivity contribution in [1.82, 2.24) is 0 Å². The molecule has 2 unspecified atom stereocenters. The molecule has 11 heteroatoms. The first-order valence-electron chi connectivity index (χ1n) is 4.94. The summed E-state index contributed by atoms with van der Waals surface area (Å²) in [6.45, 7) is 0. The van der Waals surface area contributed by atoms with E-state index >= 15 is 0 Å². The van der Waals surface area contributed by atoms with E-state index in [0.29, 0.717) is 0 Å². The SMILES string of the molecule is COC(=O)CC(O)(C(=O)OC)C(SOO[O-])C(=O)OC. The summed E-state index contributed by atoms with van der Waals surface area (Å²) >= 11 is -0.0105. The molecule has 2 atom stereocenters. The van der Waals surface area contributed by atoms with Crippen molar-refractivity contribution in [3.8, 4) is 0 Å². The summed E-state index contributed by atoms with van der Waals surface area (Å²) in [4.78, 5) is 34.4. The van der Waals surface area contributed by atoms with Crippen LogP contribution in [0.3, 0.4) is 0 Å². The molecule has 0 rings (SSSR count). The van der Waals surface area contributed by atoms with Crippen molar-refractivity contribution in [2.24, 2.45) is 0 Å². The van der Waals surface area contributed by atoms with Crippen LogP contribution in [0.25, 0.3) is 0 Å². The summed E-state index contributed by atoms with van der Waals surface area (Å²) in [5.74, 6) is -3.47. The van der Waals surface area contributed by atoms with E-state index in [9.17, 15) is 24.7 Å². The summed E-state index contributed by atoms with van der Waals surface area (Å²) < 4.78 is 16.9. The molecule has 0 aromatic heterocycles. The Morgan fingerprint density at radius 2 is 1.80 bits per heavy atom. The molecule has 0 aromatic rings. The lowest BCUT2D eigenvalue weighted by atomic mass is 9.95. The van der Waals surface area contributed by atoms with Crippen molar-refractivity contribution in [1.29, 1.82) is 0 Å². The lowest BCUT2D eigenvalue weighted by molar-refractivity contribution is -0.777. The van der Waals surface area contributed by atoms with Crippen LogP contribution in [0.15, 0.2) is 0 Å². The maximum absolute atomic E-state index is 11.6. The van der Waals surface area contributed by atoms with Crippen molar-refractivity contribution in [3.05, 3.63) is 0 Å². The zero-order valence-corrected chi connectivity index (χ0v) is 11.6. The van der Waals surface area contributed by atoms with Gasteiger partial charge in [-0.15, -0.1) is 0 Å². The van der Waals surface area contributed by atoms with Crippen molar-refractivity contribution >= 4 is 30.0 Å². The quantitative estimate of drug-likeness (QED) is 0.172. The predicted octanol–water partition coefficient (Wildman–Crippen LogP) is -2.13. The molecule has 0 aromatic carbocycles. The molecule has 1 N–H and O–H groups in total. The number of hydrogen-bond donors (Lipinski definition) is 1. The molecule has 0 radical (unpaired) electrons. The number of carbonyl (C=O) groups excluding carboxylic acids is 3. The average molecular weight is 313 g/mol. The number of methoxy groups -OCH3 is 3. The molecule has 0 saturated heterocycles. The molecule has 0 heterocycles. The fraction of sp³-hybridized carbons (Fsp3) is 0.667. The Morgan fingerprint density at radius 3 is 2.20 bits per heavy atom. The normalized spacial score (nSPS) is 14.8. The van der Waals surface area contributed by atoms with Gasteiger partial charge in [-0.25, -0.2) is 4.79 Å². The molecule has 0 aliphatic carbocycles. The molecular weight excluding hydrogens is 300 g/mol. The Labute approximate surface area is 117 Å². The van der Waals surface area contributed by atoms with Crippen molar-refractivity contribution in [3.63, 3.8) is 0 Å². The highest BCUT2D eigenvalue weighted by atomic mass is 32.2. The van der Waals surface area contributed by atoms with Crippen LogP contribution in [0.4, 0.5) is 0 Å². The fourth-order valence-corrected chi connectivity index (χ4v) is 1.84. The lowest BCUT2D eigenvalue weighted by Crippen LogP contribution is -2.54. The molecule has 0 fully saturated rings. The smallest absolute Gasteiger partial charge is 0.340 e. The molecule has 0 bridgehead atoms. The van der Waals surface area contributed by atoms with E-state index in [4.69, 9.17) is 0 Å². The largest absolute Gasteiger partial charge is 0.691 e. The van der Waals surface area contributed by atoms with Gasteiger partial charge in [-0.3, -0.25) is 14.6 Å². The molecule has 20 heavy (non-hydrogen) atoms. The molecule has 116 valence electrons. The predicted molar refractivity (Wildman–Crippen MR) is 59.2 cm³/mol. The summed E-state index contributed by atoms with van der Waals surface area (Å²) in [5.41, 5.74) is -2.67. The topological polar surface area (TPSA) is 141 Å². The molecular formula is C9H13O10S-. The monoisotopic (exact) mass is 313 g/mol. The average Bonchev–Trinajstić information content (AvgIpc) is 2.45. The van der Waals surface area contributed by atoms with E-state index in [1.807, 2.05) is 0 Å². The van der Waals surface area contributed by atoms with E-state index < -0.39 is 35.2 Å². The third-order valence-corrected chi connectivity index (χ3v) is 3.10. The summed E-state index contributed by atoms with van der Waals surface area (Å²) in [6.07, 6.45) is -0.925. The van der Waals surface area contributed by atoms with Crippen LogP contribution in [0.1, 0.15) is 6.42 Å². The zero-order valence-electron chi connectivity index (χ0n) is 10.8. The van der Waals surface area contributed by atoms with Crippen LogP contribution >= 0.6 is 12.0 Å². The second-order valence-corrected chi connectivity index (χ2v) is 4.10. The molecule has 0 spiro atoms. The number of ether oxygens (including phenoxy) is 3. The minimum atomic E-state index is -2.67. The van der Waals surface area contributed by atoms with E-state index in [1.165, 1.54) is 0 Å². The Morgan fingerprint density at radius 1 is 1.20 bits per heavy atom. The van der Waals surface area contributed by atoms with E-state index in [1.54, 1.807) is 0 Å². The van der Waals surface area contributed by atoms with Gasteiger partial charge in [0, 0.05) is 12.0 Å². The Kier molecular flexibility index (Phi) is 8.10. The Bertz CT molecular complexity index is 359. The van der Waals surface area contributed by atoms with Gasteiger partial charge in [-0.05, 0) is 0 Å². The highest BCUT2D eigenvalue weighted by Crippen LogP contribution is 2.30. The third-order valence-electron chi connectivity index (χ3n) is 2.19. The van der Waals surface area contributed by atoms with Crippen molar-refractivity contribution < 1.29 is 48.3 Å².